The highest BCUT2D eigenvalue weighted by Crippen LogP contribution is 2.27. The van der Waals surface area contributed by atoms with Crippen LogP contribution in [0.2, 0.25) is 5.02 Å². The van der Waals surface area contributed by atoms with Gasteiger partial charge in [-0.25, -0.2) is 23.1 Å². The van der Waals surface area contributed by atoms with Gasteiger partial charge in [-0.1, -0.05) is 54.1 Å². The van der Waals surface area contributed by atoms with Crippen molar-refractivity contribution < 1.29 is 13.2 Å². The highest BCUT2D eigenvalue weighted by atomic mass is 35.5. The summed E-state index contributed by atoms with van der Waals surface area (Å²) in [4.78, 5) is 25.6. The molecule has 38 heavy (non-hydrogen) atoms. The molecule has 0 atom stereocenters. The van der Waals surface area contributed by atoms with E-state index in [1.54, 1.807) is 30.6 Å². The van der Waals surface area contributed by atoms with Crippen LogP contribution in [0.25, 0.3) is 28.4 Å². The summed E-state index contributed by atoms with van der Waals surface area (Å²) in [5.74, 6) is -0.164. The third-order valence-electron chi connectivity index (χ3n) is 5.89. The Morgan fingerprint density at radius 3 is 2.47 bits per heavy atom. The fourth-order valence-corrected chi connectivity index (χ4v) is 4.95. The molecule has 2 aromatic carbocycles. The van der Waals surface area contributed by atoms with Crippen LogP contribution < -0.4 is 4.72 Å². The Labute approximate surface area is 224 Å². The summed E-state index contributed by atoms with van der Waals surface area (Å²) in [6, 6.07) is 22.2. The van der Waals surface area contributed by atoms with Crippen LogP contribution in [0, 0.1) is 6.92 Å². The molecule has 0 aliphatic carbocycles. The van der Waals surface area contributed by atoms with E-state index in [1.807, 2.05) is 64.7 Å². The van der Waals surface area contributed by atoms with E-state index in [0.29, 0.717) is 34.1 Å². The number of hydrogen-bond donors (Lipinski definition) is 1. The number of sulfonamides is 1. The van der Waals surface area contributed by atoms with E-state index in [2.05, 4.69) is 15.0 Å². The standard InChI is InChI=1S/C28H22ClN5O3S/c1-19-31-25-9-10-26(28(35)33-38(36,37)16-13-20-11-14-30-15-12-20)32-27(25)34(19)18-23-8-7-22(17-24(23)29)21-5-3-2-4-6-21/h2-17H,18H2,1H3,(H,33,35)/b16-13+. The first-order valence-corrected chi connectivity index (χ1v) is 13.5. The third-order valence-corrected chi connectivity index (χ3v) is 7.20. The van der Waals surface area contributed by atoms with E-state index < -0.39 is 15.9 Å². The molecule has 0 unspecified atom stereocenters. The molecule has 5 rings (SSSR count). The van der Waals surface area contributed by atoms with Crippen molar-refractivity contribution in [3.8, 4) is 11.1 Å². The van der Waals surface area contributed by atoms with Crippen LogP contribution in [-0.2, 0) is 16.6 Å². The minimum Gasteiger partial charge on any atom is -0.308 e. The summed E-state index contributed by atoms with van der Waals surface area (Å²) >= 11 is 6.63. The number of aryl methyl sites for hydroxylation is 1. The summed E-state index contributed by atoms with van der Waals surface area (Å²) < 4.78 is 28.7. The summed E-state index contributed by atoms with van der Waals surface area (Å²) in [5, 5.41) is 1.52. The average Bonchev–Trinajstić information content (AvgIpc) is 3.23. The van der Waals surface area contributed by atoms with E-state index in [4.69, 9.17) is 11.6 Å². The smallest absolute Gasteiger partial charge is 0.283 e. The van der Waals surface area contributed by atoms with Gasteiger partial charge in [-0.15, -0.1) is 0 Å². The van der Waals surface area contributed by atoms with Gasteiger partial charge >= 0.3 is 0 Å². The molecule has 0 fully saturated rings. The topological polar surface area (TPSA) is 107 Å². The van der Waals surface area contributed by atoms with Gasteiger partial charge in [0.15, 0.2) is 5.65 Å². The molecule has 8 nitrogen and oxygen atoms in total. The Hall–Kier alpha value is -4.34. The number of nitrogens with zero attached hydrogens (tertiary/aromatic N) is 4. The number of pyridine rings is 2. The maximum Gasteiger partial charge on any atom is 0.283 e. The molecular weight excluding hydrogens is 522 g/mol. The summed E-state index contributed by atoms with van der Waals surface area (Å²) in [6.45, 7) is 2.21. The summed E-state index contributed by atoms with van der Waals surface area (Å²) in [5.41, 5.74) is 4.53. The van der Waals surface area contributed by atoms with Gasteiger partial charge in [0.2, 0.25) is 0 Å². The molecule has 0 radical (unpaired) electrons. The molecule has 10 heteroatoms. The second-order valence-corrected chi connectivity index (χ2v) is 10.5. The normalized spacial score (nSPS) is 11.7. The number of benzene rings is 2. The van der Waals surface area contributed by atoms with Gasteiger partial charge in [-0.05, 0) is 65.6 Å². The van der Waals surface area contributed by atoms with Crippen molar-refractivity contribution in [3.63, 3.8) is 0 Å². The van der Waals surface area contributed by atoms with Crippen LogP contribution in [-0.4, -0.2) is 33.8 Å². The molecule has 3 aromatic heterocycles. The minimum atomic E-state index is -4.05. The summed E-state index contributed by atoms with van der Waals surface area (Å²) in [7, 11) is -4.05. The Bertz CT molecular complexity index is 1770. The van der Waals surface area contributed by atoms with Gasteiger partial charge in [-0.2, -0.15) is 0 Å². The maximum absolute atomic E-state index is 12.8. The number of imidazole rings is 1. The number of carbonyl (C=O) groups is 1. The number of halogens is 1. The quantitative estimate of drug-likeness (QED) is 0.301. The molecule has 1 N–H and O–H groups in total. The SMILES string of the molecule is Cc1nc2ccc(C(=O)NS(=O)(=O)/C=C/c3ccncc3)nc2n1Cc1ccc(-c2ccccc2)cc1Cl. The Kier molecular flexibility index (Phi) is 7.04. The van der Waals surface area contributed by atoms with Crippen molar-refractivity contribution in [3.05, 3.63) is 118 Å². The van der Waals surface area contributed by atoms with Crippen LogP contribution >= 0.6 is 11.6 Å². The monoisotopic (exact) mass is 543 g/mol. The Morgan fingerprint density at radius 1 is 0.974 bits per heavy atom. The molecule has 190 valence electrons. The number of nitrogens with one attached hydrogen (secondary N) is 1. The van der Waals surface area contributed by atoms with Crippen molar-refractivity contribution in [1.82, 2.24) is 24.2 Å². The highest BCUT2D eigenvalue weighted by molar-refractivity contribution is 7.93. The Morgan fingerprint density at radius 2 is 1.74 bits per heavy atom. The van der Waals surface area contributed by atoms with E-state index in [9.17, 15) is 13.2 Å². The van der Waals surface area contributed by atoms with Gasteiger partial charge < -0.3 is 4.57 Å². The van der Waals surface area contributed by atoms with Crippen LogP contribution in [0.3, 0.4) is 0 Å². The number of amides is 1. The van der Waals surface area contributed by atoms with Gasteiger partial charge in [0, 0.05) is 17.4 Å². The highest BCUT2D eigenvalue weighted by Gasteiger charge is 2.18. The number of rotatable bonds is 7. The maximum atomic E-state index is 12.8. The van der Waals surface area contributed by atoms with Crippen LogP contribution in [0.15, 0.2) is 90.6 Å². The summed E-state index contributed by atoms with van der Waals surface area (Å²) in [6.07, 6.45) is 4.46. The van der Waals surface area contributed by atoms with Gasteiger partial charge in [0.05, 0.1) is 12.0 Å². The molecule has 3 heterocycles. The van der Waals surface area contributed by atoms with Crippen molar-refractivity contribution in [2.45, 2.75) is 13.5 Å². The van der Waals surface area contributed by atoms with E-state index in [-0.39, 0.29) is 5.69 Å². The van der Waals surface area contributed by atoms with Crippen molar-refractivity contribution >= 4 is 44.8 Å². The fourth-order valence-electron chi connectivity index (χ4n) is 3.94. The number of aromatic nitrogens is 4. The van der Waals surface area contributed by atoms with Crippen molar-refractivity contribution in [1.29, 1.82) is 0 Å². The first-order valence-electron chi connectivity index (χ1n) is 11.6. The van der Waals surface area contributed by atoms with Gasteiger partial charge in [0.1, 0.15) is 17.0 Å². The zero-order valence-corrected chi connectivity index (χ0v) is 21.8. The van der Waals surface area contributed by atoms with E-state index >= 15 is 0 Å². The predicted octanol–water partition coefficient (Wildman–Crippen LogP) is 5.23. The lowest BCUT2D eigenvalue weighted by atomic mass is 10.0. The predicted molar refractivity (Wildman–Crippen MR) is 148 cm³/mol. The molecule has 0 aliphatic heterocycles. The molecule has 0 bridgehead atoms. The van der Waals surface area contributed by atoms with Crippen molar-refractivity contribution in [2.24, 2.45) is 0 Å². The molecular formula is C28H22ClN5O3S. The molecule has 0 aliphatic rings. The number of carbonyl (C=O) groups excluding carboxylic acids is 1. The number of hydrogen-bond acceptors (Lipinski definition) is 6. The minimum absolute atomic E-state index is 0.0509. The van der Waals surface area contributed by atoms with Crippen LogP contribution in [0.4, 0.5) is 0 Å². The molecule has 0 saturated carbocycles. The first kappa shape index (κ1) is 25.3. The molecule has 5 aromatic rings. The fraction of sp³-hybridized carbons (Fsp3) is 0.0714. The third kappa shape index (κ3) is 5.64. The lowest BCUT2D eigenvalue weighted by molar-refractivity contribution is 0.0977. The Balaban J connectivity index is 1.39. The zero-order valence-electron chi connectivity index (χ0n) is 20.2. The van der Waals surface area contributed by atoms with E-state index in [0.717, 1.165) is 22.1 Å². The molecule has 0 spiro atoms. The van der Waals surface area contributed by atoms with Gasteiger partial charge in [0.25, 0.3) is 15.9 Å². The lowest BCUT2D eigenvalue weighted by Gasteiger charge is -2.11. The first-order chi connectivity index (χ1) is 18.3. The zero-order chi connectivity index (χ0) is 26.7. The van der Waals surface area contributed by atoms with Crippen LogP contribution in [0.5, 0.6) is 0 Å². The van der Waals surface area contributed by atoms with E-state index in [1.165, 1.54) is 12.1 Å². The second-order valence-electron chi connectivity index (χ2n) is 8.52. The molecule has 0 saturated heterocycles. The molecule has 1 amide bonds. The largest absolute Gasteiger partial charge is 0.308 e. The van der Waals surface area contributed by atoms with Gasteiger partial charge in [-0.3, -0.25) is 9.78 Å². The average molecular weight is 544 g/mol. The van der Waals surface area contributed by atoms with Crippen molar-refractivity contribution in [2.75, 3.05) is 0 Å². The van der Waals surface area contributed by atoms with Crippen LogP contribution in [0.1, 0.15) is 27.4 Å². The number of fused-ring (bicyclic) bond motifs is 1. The second kappa shape index (κ2) is 10.6. The lowest BCUT2D eigenvalue weighted by Crippen LogP contribution is -2.29.